The second kappa shape index (κ2) is 5.15. The molecule has 0 radical (unpaired) electrons. The molecule has 1 N–H and O–H groups in total. The predicted molar refractivity (Wildman–Crippen MR) is 63.1 cm³/mol. The van der Waals surface area contributed by atoms with Crippen molar-refractivity contribution in [3.05, 3.63) is 34.6 Å². The molecular formula is C13H16ClFO. The van der Waals surface area contributed by atoms with Gasteiger partial charge in [0.25, 0.3) is 0 Å². The van der Waals surface area contributed by atoms with Gasteiger partial charge in [-0.1, -0.05) is 18.0 Å². The van der Waals surface area contributed by atoms with E-state index in [2.05, 4.69) is 0 Å². The second-order valence-corrected chi connectivity index (χ2v) is 5.03. The van der Waals surface area contributed by atoms with Gasteiger partial charge in [0.1, 0.15) is 5.82 Å². The fraction of sp³-hybridized carbons (Fsp3) is 0.538. The molecule has 0 aromatic heterocycles. The summed E-state index contributed by atoms with van der Waals surface area (Å²) in [5, 5.41) is 10.2. The molecule has 0 bridgehead atoms. The van der Waals surface area contributed by atoms with Gasteiger partial charge in [0, 0.05) is 5.02 Å². The highest BCUT2D eigenvalue weighted by Gasteiger charge is 2.21. The zero-order valence-corrected chi connectivity index (χ0v) is 9.88. The van der Waals surface area contributed by atoms with E-state index in [4.69, 9.17) is 11.6 Å². The SMILES string of the molecule is OC1CCCC(Cc2cc(F)ccc2Cl)C1. The van der Waals surface area contributed by atoms with Gasteiger partial charge in [-0.05, 0) is 55.4 Å². The van der Waals surface area contributed by atoms with Crippen LogP contribution in [-0.4, -0.2) is 11.2 Å². The van der Waals surface area contributed by atoms with Crippen molar-refractivity contribution in [1.82, 2.24) is 0 Å². The summed E-state index contributed by atoms with van der Waals surface area (Å²) in [7, 11) is 0. The van der Waals surface area contributed by atoms with Crippen molar-refractivity contribution in [3.63, 3.8) is 0 Å². The average Bonchev–Trinajstić information content (AvgIpc) is 2.24. The molecule has 2 atom stereocenters. The molecule has 1 nitrogen and oxygen atoms in total. The van der Waals surface area contributed by atoms with Gasteiger partial charge in [0.05, 0.1) is 6.10 Å². The number of rotatable bonds is 2. The summed E-state index contributed by atoms with van der Waals surface area (Å²) >= 11 is 6.02. The Morgan fingerprint density at radius 1 is 1.38 bits per heavy atom. The second-order valence-electron chi connectivity index (χ2n) is 4.63. The first kappa shape index (κ1) is 11.9. The van der Waals surface area contributed by atoms with E-state index < -0.39 is 0 Å². The number of hydrogen-bond acceptors (Lipinski definition) is 1. The third kappa shape index (κ3) is 2.96. The topological polar surface area (TPSA) is 20.2 Å². The van der Waals surface area contributed by atoms with Gasteiger partial charge in [-0.2, -0.15) is 0 Å². The quantitative estimate of drug-likeness (QED) is 0.841. The van der Waals surface area contributed by atoms with E-state index in [0.29, 0.717) is 10.9 Å². The molecule has 1 aliphatic rings. The van der Waals surface area contributed by atoms with Crippen molar-refractivity contribution in [3.8, 4) is 0 Å². The largest absolute Gasteiger partial charge is 0.393 e. The first-order valence-corrected chi connectivity index (χ1v) is 6.15. The highest BCUT2D eigenvalue weighted by atomic mass is 35.5. The van der Waals surface area contributed by atoms with Crippen LogP contribution in [0.25, 0.3) is 0 Å². The predicted octanol–water partition coefficient (Wildman–Crippen LogP) is 3.57. The molecule has 1 aromatic rings. The smallest absolute Gasteiger partial charge is 0.123 e. The molecule has 0 heterocycles. The molecule has 88 valence electrons. The molecule has 16 heavy (non-hydrogen) atoms. The lowest BCUT2D eigenvalue weighted by Crippen LogP contribution is -2.21. The maximum atomic E-state index is 13.1. The van der Waals surface area contributed by atoms with Gasteiger partial charge in [0.2, 0.25) is 0 Å². The molecule has 0 aliphatic heterocycles. The van der Waals surface area contributed by atoms with E-state index in [1.807, 2.05) is 0 Å². The van der Waals surface area contributed by atoms with Gasteiger partial charge in [-0.3, -0.25) is 0 Å². The zero-order chi connectivity index (χ0) is 11.5. The number of hydrogen-bond donors (Lipinski definition) is 1. The first-order valence-electron chi connectivity index (χ1n) is 5.77. The van der Waals surface area contributed by atoms with Crippen LogP contribution >= 0.6 is 11.6 Å². The van der Waals surface area contributed by atoms with Crippen molar-refractivity contribution in [2.75, 3.05) is 0 Å². The van der Waals surface area contributed by atoms with Crippen molar-refractivity contribution in [1.29, 1.82) is 0 Å². The lowest BCUT2D eigenvalue weighted by Gasteiger charge is -2.26. The van der Waals surface area contributed by atoms with Crippen LogP contribution in [0, 0.1) is 11.7 Å². The Balaban J connectivity index is 2.05. The average molecular weight is 243 g/mol. The molecule has 0 amide bonds. The van der Waals surface area contributed by atoms with Crippen LogP contribution in [0.5, 0.6) is 0 Å². The van der Waals surface area contributed by atoms with Crippen LogP contribution in [0.3, 0.4) is 0 Å². The molecule has 0 spiro atoms. The van der Waals surface area contributed by atoms with Crippen LogP contribution < -0.4 is 0 Å². The van der Waals surface area contributed by atoms with Crippen LogP contribution in [0.2, 0.25) is 5.02 Å². The van der Waals surface area contributed by atoms with Crippen LogP contribution in [0.15, 0.2) is 18.2 Å². The molecule has 1 saturated carbocycles. The van der Waals surface area contributed by atoms with E-state index in [1.54, 1.807) is 6.07 Å². The molecule has 0 saturated heterocycles. The molecule has 3 heteroatoms. The van der Waals surface area contributed by atoms with Crippen LogP contribution in [-0.2, 0) is 6.42 Å². The van der Waals surface area contributed by atoms with E-state index >= 15 is 0 Å². The lowest BCUT2D eigenvalue weighted by atomic mass is 9.83. The summed E-state index contributed by atoms with van der Waals surface area (Å²) in [6.07, 6.45) is 4.45. The Morgan fingerprint density at radius 2 is 2.19 bits per heavy atom. The van der Waals surface area contributed by atoms with Crippen LogP contribution in [0.1, 0.15) is 31.2 Å². The third-order valence-corrected chi connectivity index (χ3v) is 3.64. The number of halogens is 2. The maximum absolute atomic E-state index is 13.1. The normalized spacial score (nSPS) is 25.7. The van der Waals surface area contributed by atoms with Gasteiger partial charge < -0.3 is 5.11 Å². The summed E-state index contributed by atoms with van der Waals surface area (Å²) < 4.78 is 13.1. The molecule has 1 fully saturated rings. The van der Waals surface area contributed by atoms with Crippen molar-refractivity contribution < 1.29 is 9.50 Å². The van der Waals surface area contributed by atoms with Gasteiger partial charge >= 0.3 is 0 Å². The summed E-state index contributed by atoms with van der Waals surface area (Å²) in [6, 6.07) is 4.48. The van der Waals surface area contributed by atoms with Crippen molar-refractivity contribution in [2.45, 2.75) is 38.2 Å². The van der Waals surface area contributed by atoms with E-state index in [9.17, 15) is 9.50 Å². The maximum Gasteiger partial charge on any atom is 0.123 e. The van der Waals surface area contributed by atoms with Crippen molar-refractivity contribution in [2.24, 2.45) is 5.92 Å². The summed E-state index contributed by atoms with van der Waals surface area (Å²) in [5.41, 5.74) is 0.862. The van der Waals surface area contributed by atoms with Crippen molar-refractivity contribution >= 4 is 11.6 Å². The van der Waals surface area contributed by atoms with Gasteiger partial charge in [-0.25, -0.2) is 4.39 Å². The molecule has 1 aliphatic carbocycles. The zero-order valence-electron chi connectivity index (χ0n) is 9.13. The van der Waals surface area contributed by atoms with E-state index in [0.717, 1.165) is 37.7 Å². The third-order valence-electron chi connectivity index (χ3n) is 3.27. The first-order chi connectivity index (χ1) is 7.65. The molecule has 2 rings (SSSR count). The Labute approximate surface area is 100 Å². The Morgan fingerprint density at radius 3 is 2.94 bits per heavy atom. The van der Waals surface area contributed by atoms with E-state index in [-0.39, 0.29) is 11.9 Å². The Bertz CT molecular complexity index is 367. The number of aliphatic hydroxyl groups excluding tert-OH is 1. The number of aliphatic hydroxyl groups is 1. The minimum atomic E-state index is -0.240. The minimum absolute atomic E-state index is 0.189. The summed E-state index contributed by atoms with van der Waals surface area (Å²) in [6.45, 7) is 0. The Kier molecular flexibility index (Phi) is 3.82. The van der Waals surface area contributed by atoms with Crippen LogP contribution in [0.4, 0.5) is 4.39 Å². The Hall–Kier alpha value is -0.600. The molecular weight excluding hydrogens is 227 g/mol. The highest BCUT2D eigenvalue weighted by molar-refractivity contribution is 6.31. The van der Waals surface area contributed by atoms with E-state index in [1.165, 1.54) is 12.1 Å². The molecule has 2 unspecified atom stereocenters. The monoisotopic (exact) mass is 242 g/mol. The van der Waals surface area contributed by atoms with Gasteiger partial charge in [0.15, 0.2) is 0 Å². The molecule has 1 aromatic carbocycles. The van der Waals surface area contributed by atoms with Gasteiger partial charge in [-0.15, -0.1) is 0 Å². The fourth-order valence-electron chi connectivity index (χ4n) is 2.46. The lowest BCUT2D eigenvalue weighted by molar-refractivity contribution is 0.101. The standard InChI is InChI=1S/C13H16ClFO/c14-13-5-4-11(15)8-10(13)6-9-2-1-3-12(16)7-9/h4-5,8-9,12,16H,1-3,6-7H2. The fourth-order valence-corrected chi connectivity index (χ4v) is 2.65. The highest BCUT2D eigenvalue weighted by Crippen LogP contribution is 2.29. The summed E-state index contributed by atoms with van der Waals surface area (Å²) in [5.74, 6) is 0.193. The summed E-state index contributed by atoms with van der Waals surface area (Å²) in [4.78, 5) is 0. The number of benzene rings is 1. The minimum Gasteiger partial charge on any atom is -0.393 e.